The molecule has 0 aromatic heterocycles. The standard InChI is InChI=1S/C12H16N2O4/c1-12(2,3)10-8(13)5-7(11(15)18-4)6-9(10)14(16)17/h5-6H,13H2,1-4H3. The summed E-state index contributed by atoms with van der Waals surface area (Å²) in [6, 6.07) is 2.60. The first kappa shape index (κ1) is 14.0. The van der Waals surface area contributed by atoms with E-state index >= 15 is 0 Å². The van der Waals surface area contributed by atoms with E-state index in [4.69, 9.17) is 5.73 Å². The predicted molar refractivity (Wildman–Crippen MR) is 67.5 cm³/mol. The summed E-state index contributed by atoms with van der Waals surface area (Å²) in [5.74, 6) is -0.648. The van der Waals surface area contributed by atoms with Crippen LogP contribution in [0.4, 0.5) is 11.4 Å². The van der Waals surface area contributed by atoms with Crippen molar-refractivity contribution in [3.05, 3.63) is 33.4 Å². The molecule has 0 bridgehead atoms. The van der Waals surface area contributed by atoms with Gasteiger partial charge in [-0.05, 0) is 11.5 Å². The number of rotatable bonds is 2. The van der Waals surface area contributed by atoms with Crippen molar-refractivity contribution >= 4 is 17.3 Å². The zero-order chi connectivity index (χ0) is 14.1. The molecule has 6 nitrogen and oxygen atoms in total. The fourth-order valence-corrected chi connectivity index (χ4v) is 1.85. The van der Waals surface area contributed by atoms with E-state index in [1.165, 1.54) is 19.2 Å². The van der Waals surface area contributed by atoms with E-state index in [0.29, 0.717) is 5.56 Å². The van der Waals surface area contributed by atoms with Gasteiger partial charge in [-0.2, -0.15) is 0 Å². The lowest BCUT2D eigenvalue weighted by molar-refractivity contribution is -0.385. The van der Waals surface area contributed by atoms with E-state index in [0.717, 1.165) is 0 Å². The number of nitro benzene ring substituents is 1. The van der Waals surface area contributed by atoms with Crippen LogP contribution in [0.3, 0.4) is 0 Å². The molecule has 0 saturated heterocycles. The Labute approximate surface area is 105 Å². The molecule has 2 N–H and O–H groups in total. The Morgan fingerprint density at radius 1 is 1.39 bits per heavy atom. The molecule has 98 valence electrons. The van der Waals surface area contributed by atoms with Gasteiger partial charge >= 0.3 is 5.97 Å². The normalized spacial score (nSPS) is 11.1. The summed E-state index contributed by atoms with van der Waals surface area (Å²) in [6.45, 7) is 5.47. The number of nitrogen functional groups attached to an aromatic ring is 1. The second-order valence-corrected chi connectivity index (χ2v) is 4.96. The molecule has 0 spiro atoms. The van der Waals surface area contributed by atoms with Crippen molar-refractivity contribution in [2.45, 2.75) is 26.2 Å². The lowest BCUT2D eigenvalue weighted by Gasteiger charge is -2.21. The number of nitro groups is 1. The Hall–Kier alpha value is -2.11. The molecular weight excluding hydrogens is 236 g/mol. The number of nitrogens with zero attached hydrogens (tertiary/aromatic N) is 1. The maximum atomic E-state index is 11.4. The molecule has 18 heavy (non-hydrogen) atoms. The van der Waals surface area contributed by atoms with Gasteiger partial charge in [-0.3, -0.25) is 10.1 Å². The van der Waals surface area contributed by atoms with Crippen molar-refractivity contribution in [3.8, 4) is 0 Å². The van der Waals surface area contributed by atoms with Gasteiger partial charge in [0.1, 0.15) is 0 Å². The fraction of sp³-hybridized carbons (Fsp3) is 0.417. The molecule has 0 atom stereocenters. The zero-order valence-corrected chi connectivity index (χ0v) is 10.8. The minimum atomic E-state index is -0.648. The minimum Gasteiger partial charge on any atom is -0.465 e. The molecule has 0 heterocycles. The Morgan fingerprint density at radius 2 is 1.94 bits per heavy atom. The Bertz CT molecular complexity index is 504. The fourth-order valence-electron chi connectivity index (χ4n) is 1.85. The van der Waals surface area contributed by atoms with Crippen LogP contribution in [0.25, 0.3) is 0 Å². The smallest absolute Gasteiger partial charge is 0.338 e. The van der Waals surface area contributed by atoms with Crippen molar-refractivity contribution in [3.63, 3.8) is 0 Å². The molecule has 0 aliphatic carbocycles. The molecule has 0 amide bonds. The van der Waals surface area contributed by atoms with Crippen molar-refractivity contribution in [2.24, 2.45) is 0 Å². The number of carbonyl (C=O) groups is 1. The molecule has 0 aliphatic heterocycles. The quantitative estimate of drug-likeness (QED) is 0.377. The lowest BCUT2D eigenvalue weighted by Crippen LogP contribution is -2.17. The van der Waals surface area contributed by atoms with Crippen molar-refractivity contribution in [2.75, 3.05) is 12.8 Å². The Balaban J connectivity index is 3.56. The van der Waals surface area contributed by atoms with Crippen molar-refractivity contribution in [1.29, 1.82) is 0 Å². The predicted octanol–water partition coefficient (Wildman–Crippen LogP) is 2.26. The van der Waals surface area contributed by atoms with E-state index in [-0.39, 0.29) is 16.9 Å². The van der Waals surface area contributed by atoms with Crippen molar-refractivity contribution < 1.29 is 14.5 Å². The van der Waals surface area contributed by atoms with Crippen LogP contribution in [0.5, 0.6) is 0 Å². The molecule has 0 fully saturated rings. The van der Waals surface area contributed by atoms with Gasteiger partial charge < -0.3 is 10.5 Å². The molecule has 0 radical (unpaired) electrons. The van der Waals surface area contributed by atoms with Crippen LogP contribution >= 0.6 is 0 Å². The first-order valence-electron chi connectivity index (χ1n) is 5.35. The summed E-state index contributed by atoms with van der Waals surface area (Å²) in [5.41, 5.74) is 5.89. The number of ether oxygens (including phenoxy) is 1. The molecule has 1 rings (SSSR count). The summed E-state index contributed by atoms with van der Waals surface area (Å²) < 4.78 is 4.53. The summed E-state index contributed by atoms with van der Waals surface area (Å²) in [6.07, 6.45) is 0. The van der Waals surface area contributed by atoms with E-state index in [9.17, 15) is 14.9 Å². The van der Waals surface area contributed by atoms with Gasteiger partial charge in [0.15, 0.2) is 0 Å². The van der Waals surface area contributed by atoms with Gasteiger partial charge in [-0.1, -0.05) is 20.8 Å². The lowest BCUT2D eigenvalue weighted by atomic mass is 9.84. The number of hydrogen-bond acceptors (Lipinski definition) is 5. The van der Waals surface area contributed by atoms with E-state index in [1.54, 1.807) is 0 Å². The highest BCUT2D eigenvalue weighted by Crippen LogP contribution is 2.36. The van der Waals surface area contributed by atoms with Crippen LogP contribution in [-0.2, 0) is 10.2 Å². The molecule has 6 heteroatoms. The minimum absolute atomic E-state index is 0.0784. The largest absolute Gasteiger partial charge is 0.465 e. The van der Waals surface area contributed by atoms with Crippen LogP contribution in [-0.4, -0.2) is 18.0 Å². The highest BCUT2D eigenvalue weighted by molar-refractivity contribution is 5.92. The monoisotopic (exact) mass is 252 g/mol. The molecule has 1 aromatic carbocycles. The van der Waals surface area contributed by atoms with Crippen LogP contribution < -0.4 is 5.73 Å². The van der Waals surface area contributed by atoms with E-state index in [2.05, 4.69) is 4.74 Å². The van der Waals surface area contributed by atoms with Gasteiger partial charge in [0.2, 0.25) is 0 Å². The van der Waals surface area contributed by atoms with Gasteiger partial charge in [-0.25, -0.2) is 4.79 Å². The SMILES string of the molecule is COC(=O)c1cc(N)c(C(C)(C)C)c([N+](=O)[O-])c1. The molecular formula is C12H16N2O4. The number of hydrogen-bond donors (Lipinski definition) is 1. The number of benzene rings is 1. The van der Waals surface area contributed by atoms with E-state index in [1.807, 2.05) is 20.8 Å². The molecule has 0 unspecified atom stereocenters. The zero-order valence-electron chi connectivity index (χ0n) is 10.8. The van der Waals surface area contributed by atoms with Crippen LogP contribution in [0.1, 0.15) is 36.7 Å². The van der Waals surface area contributed by atoms with E-state index < -0.39 is 16.3 Å². The maximum Gasteiger partial charge on any atom is 0.338 e. The first-order valence-corrected chi connectivity index (χ1v) is 5.35. The first-order chi connectivity index (χ1) is 8.18. The number of nitrogens with two attached hydrogens (primary N) is 1. The Kier molecular flexibility index (Phi) is 3.59. The number of anilines is 1. The molecule has 0 aliphatic rings. The van der Waals surface area contributed by atoms with Gasteiger partial charge in [0, 0.05) is 11.8 Å². The van der Waals surface area contributed by atoms with Crippen LogP contribution in [0.15, 0.2) is 12.1 Å². The van der Waals surface area contributed by atoms with Crippen molar-refractivity contribution in [1.82, 2.24) is 0 Å². The summed E-state index contributed by atoms with van der Waals surface area (Å²) in [4.78, 5) is 21.9. The average Bonchev–Trinajstić information content (AvgIpc) is 2.24. The topological polar surface area (TPSA) is 95.5 Å². The molecule has 0 saturated carbocycles. The summed E-state index contributed by atoms with van der Waals surface area (Å²) in [5, 5.41) is 11.1. The van der Waals surface area contributed by atoms with Gasteiger partial charge in [-0.15, -0.1) is 0 Å². The third-order valence-electron chi connectivity index (χ3n) is 2.52. The third kappa shape index (κ3) is 2.58. The summed E-state index contributed by atoms with van der Waals surface area (Å²) >= 11 is 0. The maximum absolute atomic E-state index is 11.4. The number of methoxy groups -OCH3 is 1. The highest BCUT2D eigenvalue weighted by Gasteiger charge is 2.29. The summed E-state index contributed by atoms with van der Waals surface area (Å²) in [7, 11) is 1.21. The van der Waals surface area contributed by atoms with Gasteiger partial charge in [0.25, 0.3) is 5.69 Å². The second-order valence-electron chi connectivity index (χ2n) is 4.96. The number of carbonyl (C=O) groups excluding carboxylic acids is 1. The molecule has 1 aromatic rings. The number of esters is 1. The third-order valence-corrected chi connectivity index (χ3v) is 2.52. The Morgan fingerprint density at radius 3 is 2.33 bits per heavy atom. The highest BCUT2D eigenvalue weighted by atomic mass is 16.6. The average molecular weight is 252 g/mol. The second kappa shape index (κ2) is 4.64. The van der Waals surface area contributed by atoms with Crippen LogP contribution in [0.2, 0.25) is 0 Å². The van der Waals surface area contributed by atoms with Gasteiger partial charge in [0.05, 0.1) is 23.2 Å². The van der Waals surface area contributed by atoms with Crippen LogP contribution in [0, 0.1) is 10.1 Å².